The minimum atomic E-state index is -1.08. The van der Waals surface area contributed by atoms with Crippen LogP contribution in [0.3, 0.4) is 0 Å². The number of ether oxygens (including phenoxy) is 2. The summed E-state index contributed by atoms with van der Waals surface area (Å²) >= 11 is 0. The fraction of sp³-hybridized carbons (Fsp3) is 0.360. The van der Waals surface area contributed by atoms with E-state index in [0.29, 0.717) is 42.1 Å². The minimum Gasteiger partial charge on any atom is -0.481 e. The van der Waals surface area contributed by atoms with Crippen molar-refractivity contribution >= 4 is 17.9 Å². The van der Waals surface area contributed by atoms with Gasteiger partial charge in [0.1, 0.15) is 6.04 Å². The van der Waals surface area contributed by atoms with Crippen LogP contribution in [0.2, 0.25) is 0 Å². The third kappa shape index (κ3) is 6.00. The van der Waals surface area contributed by atoms with E-state index in [9.17, 15) is 19.5 Å². The number of amides is 3. The number of aliphatic carboxylic acids is 1. The summed E-state index contributed by atoms with van der Waals surface area (Å²) in [4.78, 5) is 39.2. The number of fused-ring (bicyclic) bond motifs is 1. The predicted molar refractivity (Wildman–Crippen MR) is 123 cm³/mol. The van der Waals surface area contributed by atoms with Crippen LogP contribution in [0.1, 0.15) is 48.4 Å². The largest absolute Gasteiger partial charge is 0.481 e. The molecule has 2 aromatic rings. The zero-order valence-electron chi connectivity index (χ0n) is 19.0. The zero-order valence-corrected chi connectivity index (χ0v) is 19.0. The molecule has 0 bridgehead atoms. The first-order valence-corrected chi connectivity index (χ1v) is 11.4. The smallest absolute Gasteiger partial charge is 0.315 e. The Bertz CT molecular complexity index is 1160. The normalized spacial score (nSPS) is 17.7. The number of hydrogen-bond acceptors (Lipinski definition) is 6. The van der Waals surface area contributed by atoms with Crippen LogP contribution < -0.4 is 20.1 Å². The van der Waals surface area contributed by atoms with E-state index in [1.807, 2.05) is 6.07 Å². The van der Waals surface area contributed by atoms with Crippen LogP contribution in [0.25, 0.3) is 0 Å². The van der Waals surface area contributed by atoms with Gasteiger partial charge in [0.15, 0.2) is 11.5 Å². The summed E-state index contributed by atoms with van der Waals surface area (Å²) in [6, 6.07) is 12.0. The molecule has 1 fully saturated rings. The summed E-state index contributed by atoms with van der Waals surface area (Å²) in [6.45, 7) is 0.971. The van der Waals surface area contributed by atoms with Crippen molar-refractivity contribution < 1.29 is 29.0 Å². The number of likely N-dealkylation sites (tertiary alicyclic amines) is 1. The first-order valence-electron chi connectivity index (χ1n) is 11.4. The number of nitriles is 1. The molecule has 2 aliphatic heterocycles. The van der Waals surface area contributed by atoms with E-state index in [2.05, 4.69) is 16.7 Å². The minimum absolute atomic E-state index is 0.0808. The van der Waals surface area contributed by atoms with Crippen molar-refractivity contribution in [3.8, 4) is 17.6 Å². The molecule has 2 aromatic carbocycles. The molecular formula is C25H26N4O6. The average molecular weight is 479 g/mol. The molecule has 2 heterocycles. The Labute approximate surface area is 202 Å². The van der Waals surface area contributed by atoms with Crippen molar-refractivity contribution in [2.24, 2.45) is 0 Å². The van der Waals surface area contributed by atoms with E-state index in [-0.39, 0.29) is 19.1 Å². The Hall–Kier alpha value is -4.26. The maximum Gasteiger partial charge on any atom is 0.315 e. The third-order valence-electron chi connectivity index (χ3n) is 6.00. The first-order chi connectivity index (χ1) is 16.9. The molecule has 0 spiro atoms. The highest BCUT2D eigenvalue weighted by atomic mass is 16.7. The predicted octanol–water partition coefficient (Wildman–Crippen LogP) is 2.68. The first kappa shape index (κ1) is 23.9. The zero-order chi connectivity index (χ0) is 24.8. The molecule has 0 saturated carbocycles. The summed E-state index contributed by atoms with van der Waals surface area (Å²) in [5.74, 6) is -0.256. The van der Waals surface area contributed by atoms with Gasteiger partial charge < -0.3 is 30.1 Å². The van der Waals surface area contributed by atoms with Gasteiger partial charge in [0.05, 0.1) is 24.1 Å². The molecule has 4 rings (SSSR count). The lowest BCUT2D eigenvalue weighted by molar-refractivity contribution is -0.137. The van der Waals surface area contributed by atoms with Crippen molar-refractivity contribution in [2.45, 2.75) is 44.3 Å². The Balaban J connectivity index is 1.43. The molecule has 35 heavy (non-hydrogen) atoms. The molecule has 10 heteroatoms. The molecule has 1 saturated heterocycles. The van der Waals surface area contributed by atoms with Crippen LogP contribution in [0.5, 0.6) is 11.5 Å². The Kier molecular flexibility index (Phi) is 7.35. The van der Waals surface area contributed by atoms with Gasteiger partial charge in [-0.2, -0.15) is 5.26 Å². The van der Waals surface area contributed by atoms with Crippen molar-refractivity contribution in [1.82, 2.24) is 15.5 Å². The highest BCUT2D eigenvalue weighted by Crippen LogP contribution is 2.34. The lowest BCUT2D eigenvalue weighted by Gasteiger charge is -2.26. The van der Waals surface area contributed by atoms with Crippen molar-refractivity contribution in [2.75, 3.05) is 13.3 Å². The van der Waals surface area contributed by atoms with E-state index in [0.717, 1.165) is 18.4 Å². The highest BCUT2D eigenvalue weighted by Gasteiger charge is 2.29. The number of rotatable bonds is 7. The van der Waals surface area contributed by atoms with Gasteiger partial charge in [-0.1, -0.05) is 18.2 Å². The third-order valence-corrected chi connectivity index (χ3v) is 6.00. The van der Waals surface area contributed by atoms with Crippen LogP contribution >= 0.6 is 0 Å². The second-order valence-electron chi connectivity index (χ2n) is 8.50. The summed E-state index contributed by atoms with van der Waals surface area (Å²) in [6.07, 6.45) is 1.69. The molecule has 3 amide bonds. The van der Waals surface area contributed by atoms with E-state index in [1.54, 1.807) is 41.3 Å². The number of carboxylic acids is 1. The maximum atomic E-state index is 13.2. The van der Waals surface area contributed by atoms with E-state index in [1.165, 1.54) is 0 Å². The Morgan fingerprint density at radius 3 is 2.80 bits per heavy atom. The number of urea groups is 1. The Morgan fingerprint density at radius 2 is 2.00 bits per heavy atom. The lowest BCUT2D eigenvalue weighted by atomic mass is 10.0. The number of carbonyl (C=O) groups is 3. The quantitative estimate of drug-likeness (QED) is 0.556. The van der Waals surface area contributed by atoms with Gasteiger partial charge in [-0.3, -0.25) is 9.59 Å². The number of nitrogens with zero attached hydrogens (tertiary/aromatic N) is 2. The van der Waals surface area contributed by atoms with Gasteiger partial charge in [0.25, 0.3) is 0 Å². The monoisotopic (exact) mass is 478 g/mol. The molecule has 0 radical (unpaired) electrons. The second kappa shape index (κ2) is 10.8. The fourth-order valence-corrected chi connectivity index (χ4v) is 4.27. The van der Waals surface area contributed by atoms with Gasteiger partial charge in [-0.05, 0) is 54.7 Å². The van der Waals surface area contributed by atoms with E-state index in [4.69, 9.17) is 14.7 Å². The van der Waals surface area contributed by atoms with Crippen LogP contribution in [0.4, 0.5) is 4.79 Å². The molecule has 182 valence electrons. The molecule has 0 aliphatic carbocycles. The van der Waals surface area contributed by atoms with E-state index < -0.39 is 24.1 Å². The molecule has 3 N–H and O–H groups in total. The fourth-order valence-electron chi connectivity index (χ4n) is 4.27. The standard InChI is InChI=1S/C25H26N4O6/c26-13-16-4-3-5-17(10-16)14-29-9-2-1-6-19(24(29)32)27-25(33)28-20(12-23(30)31)18-7-8-21-22(11-18)35-15-34-21/h3-5,7-8,10-11,19-20H,1-2,6,9,12,14-15H2,(H,30,31)(H2,27,28,33)/t19?,20-/m0/s1. The Morgan fingerprint density at radius 1 is 1.17 bits per heavy atom. The summed E-state index contributed by atoms with van der Waals surface area (Å²) < 4.78 is 10.6. The molecule has 2 aliphatic rings. The number of hydrogen-bond donors (Lipinski definition) is 3. The number of carboxylic acid groups (broad SMARTS) is 1. The number of benzene rings is 2. The van der Waals surface area contributed by atoms with Gasteiger partial charge in [-0.25, -0.2) is 4.79 Å². The molecular weight excluding hydrogens is 452 g/mol. The topological polar surface area (TPSA) is 141 Å². The molecule has 2 atom stereocenters. The maximum absolute atomic E-state index is 13.2. The summed E-state index contributed by atoms with van der Waals surface area (Å²) in [5.41, 5.74) is 1.91. The SMILES string of the molecule is N#Cc1cccc(CN2CCCCC(NC(=O)N[C@@H](CC(=O)O)c3ccc4c(c3)OCO4)C2=O)c1. The molecule has 1 unspecified atom stereocenters. The van der Waals surface area contributed by atoms with Gasteiger partial charge >= 0.3 is 12.0 Å². The van der Waals surface area contributed by atoms with Crippen LogP contribution in [-0.4, -0.2) is 47.3 Å². The van der Waals surface area contributed by atoms with Gasteiger partial charge in [0, 0.05) is 13.1 Å². The molecule has 10 nitrogen and oxygen atoms in total. The summed E-state index contributed by atoms with van der Waals surface area (Å²) in [5, 5.41) is 23.9. The van der Waals surface area contributed by atoms with Crippen molar-refractivity contribution in [1.29, 1.82) is 5.26 Å². The second-order valence-corrected chi connectivity index (χ2v) is 8.50. The highest BCUT2D eigenvalue weighted by molar-refractivity contribution is 5.87. The van der Waals surface area contributed by atoms with Gasteiger partial charge in [-0.15, -0.1) is 0 Å². The number of nitrogens with one attached hydrogen (secondary N) is 2. The summed E-state index contributed by atoms with van der Waals surface area (Å²) in [7, 11) is 0. The number of carbonyl (C=O) groups excluding carboxylic acids is 2. The average Bonchev–Trinajstić information content (AvgIpc) is 3.25. The van der Waals surface area contributed by atoms with Crippen LogP contribution in [0.15, 0.2) is 42.5 Å². The van der Waals surface area contributed by atoms with Crippen LogP contribution in [0, 0.1) is 11.3 Å². The molecule has 0 aromatic heterocycles. The van der Waals surface area contributed by atoms with Gasteiger partial charge in [0.2, 0.25) is 12.7 Å². The van der Waals surface area contributed by atoms with Crippen LogP contribution in [-0.2, 0) is 16.1 Å². The van der Waals surface area contributed by atoms with Crippen molar-refractivity contribution in [3.63, 3.8) is 0 Å². The van der Waals surface area contributed by atoms with E-state index >= 15 is 0 Å². The lowest BCUT2D eigenvalue weighted by Crippen LogP contribution is -2.50. The van der Waals surface area contributed by atoms with Crippen molar-refractivity contribution in [3.05, 3.63) is 59.2 Å².